The first kappa shape index (κ1) is 17.4. The van der Waals surface area contributed by atoms with Crippen molar-refractivity contribution < 1.29 is 49.5 Å². The van der Waals surface area contributed by atoms with Crippen molar-refractivity contribution in [3.05, 3.63) is 62.2 Å². The van der Waals surface area contributed by atoms with Gasteiger partial charge >= 0.3 is 120 Å². The Labute approximate surface area is 143 Å². The predicted octanol–water partition coefficient (Wildman–Crippen LogP) is -2.15. The van der Waals surface area contributed by atoms with Crippen molar-refractivity contribution in [1.29, 1.82) is 0 Å². The Hall–Kier alpha value is 0.333. The van der Waals surface area contributed by atoms with Gasteiger partial charge in [-0.15, -0.1) is 0 Å². The van der Waals surface area contributed by atoms with Gasteiger partial charge in [0.15, 0.2) is 0 Å². The number of halogens is 2. The normalized spacial score (nSPS) is 24.2. The van der Waals surface area contributed by atoms with E-state index in [9.17, 15) is 0 Å². The molecule has 0 N–H and O–H groups in total. The summed E-state index contributed by atoms with van der Waals surface area (Å²) < 4.78 is 1.57. The van der Waals surface area contributed by atoms with Crippen LogP contribution in [0.25, 0.3) is 0 Å². The molecule has 19 heavy (non-hydrogen) atoms. The van der Waals surface area contributed by atoms with E-state index in [1.54, 1.807) is 38.9 Å². The molecule has 1 aromatic rings. The topological polar surface area (TPSA) is 0 Å². The molecule has 0 spiro atoms. The van der Waals surface area contributed by atoms with Gasteiger partial charge in [0.2, 0.25) is 0 Å². The third kappa shape index (κ3) is 3.01. The first-order valence-corrected chi connectivity index (χ1v) is 8.53. The summed E-state index contributed by atoms with van der Waals surface area (Å²) in [5, 5.41) is 3.13. The molecule has 0 fully saturated rings. The number of fused-ring (bicyclic) bond motifs is 1. The zero-order valence-corrected chi connectivity index (χ0v) is 15.7. The first-order chi connectivity index (χ1) is 8.18. The maximum absolute atomic E-state index is 2.49. The van der Waals surface area contributed by atoms with E-state index >= 15 is 0 Å². The molecule has 0 aromatic heterocycles. The largest absolute Gasteiger partial charge is 1.00 e. The molecule has 0 bridgehead atoms. The van der Waals surface area contributed by atoms with Crippen LogP contribution in [0.3, 0.4) is 0 Å². The second kappa shape index (κ2) is 6.86. The van der Waals surface area contributed by atoms with Crippen LogP contribution in [0.4, 0.5) is 0 Å². The van der Waals surface area contributed by atoms with E-state index in [1.807, 2.05) is 0 Å². The summed E-state index contributed by atoms with van der Waals surface area (Å²) in [5.74, 6) is 0. The third-order valence-corrected chi connectivity index (χ3v) is 7.74. The van der Waals surface area contributed by atoms with Gasteiger partial charge in [0, 0.05) is 0 Å². The fourth-order valence-corrected chi connectivity index (χ4v) is 6.29. The third-order valence-electron chi connectivity index (χ3n) is 3.40. The van der Waals surface area contributed by atoms with Gasteiger partial charge in [-0.2, -0.15) is 0 Å². The molecule has 1 aromatic carbocycles. The average Bonchev–Trinajstić information content (AvgIpc) is 2.78. The first-order valence-electron chi connectivity index (χ1n) is 5.89. The molecule has 4 heteroatoms. The predicted molar refractivity (Wildman–Crippen MR) is 71.3 cm³/mol. The van der Waals surface area contributed by atoms with Gasteiger partial charge in [-0.25, -0.2) is 0 Å². The number of rotatable bonds is 1. The number of allylic oxidation sites excluding steroid dienone is 6. The molecular formula is C15H14Cl2PZr. The summed E-state index contributed by atoms with van der Waals surface area (Å²) in [6, 6.07) is 11.0. The minimum absolute atomic E-state index is 0. The van der Waals surface area contributed by atoms with E-state index in [4.69, 9.17) is 0 Å². The van der Waals surface area contributed by atoms with Gasteiger partial charge in [0.1, 0.15) is 0 Å². The Morgan fingerprint density at radius 1 is 1.11 bits per heavy atom. The summed E-state index contributed by atoms with van der Waals surface area (Å²) in [7, 11) is -0.154. The zero-order valence-electron chi connectivity index (χ0n) is 10.8. The van der Waals surface area contributed by atoms with Crippen molar-refractivity contribution in [3.63, 3.8) is 0 Å². The molecule has 2 aliphatic rings. The second-order valence-electron chi connectivity index (χ2n) is 4.61. The van der Waals surface area contributed by atoms with Crippen molar-refractivity contribution in [3.8, 4) is 0 Å². The Kier molecular flexibility index (Phi) is 6.28. The van der Waals surface area contributed by atoms with Crippen LogP contribution >= 0.6 is 7.92 Å². The van der Waals surface area contributed by atoms with Gasteiger partial charge in [-0.3, -0.25) is 0 Å². The maximum atomic E-state index is 2.49. The van der Waals surface area contributed by atoms with Gasteiger partial charge < -0.3 is 24.8 Å². The zero-order chi connectivity index (χ0) is 12.0. The number of hydrogen-bond donors (Lipinski definition) is 0. The van der Waals surface area contributed by atoms with E-state index in [0.717, 1.165) is 0 Å². The molecule has 2 atom stereocenters. The van der Waals surface area contributed by atoms with Gasteiger partial charge in [-0.1, -0.05) is 0 Å². The Balaban J connectivity index is 0.000000902. The van der Waals surface area contributed by atoms with Crippen LogP contribution in [0.1, 0.15) is 13.8 Å². The molecule has 0 amide bonds. The summed E-state index contributed by atoms with van der Waals surface area (Å²) >= 11 is 1.55. The smallest absolute Gasteiger partial charge is 1.00 e. The number of benzene rings is 1. The van der Waals surface area contributed by atoms with Gasteiger partial charge in [0.25, 0.3) is 0 Å². The van der Waals surface area contributed by atoms with Crippen LogP contribution in [0.15, 0.2) is 62.2 Å². The van der Waals surface area contributed by atoms with Crippen molar-refractivity contribution in [2.24, 2.45) is 0 Å². The summed E-state index contributed by atoms with van der Waals surface area (Å²) in [4.78, 5) is 0. The molecule has 0 saturated heterocycles. The Bertz CT molecular complexity index is 561. The molecule has 0 nitrogen and oxygen atoms in total. The fourth-order valence-electron chi connectivity index (χ4n) is 2.56. The molecule has 2 unspecified atom stereocenters. The van der Waals surface area contributed by atoms with Crippen LogP contribution in [-0.2, 0) is 24.7 Å². The van der Waals surface area contributed by atoms with E-state index in [0.29, 0.717) is 5.66 Å². The molecule has 1 aliphatic heterocycles. The van der Waals surface area contributed by atoms with Crippen molar-refractivity contribution in [1.82, 2.24) is 0 Å². The van der Waals surface area contributed by atoms with Crippen LogP contribution in [0.2, 0.25) is 0 Å². The van der Waals surface area contributed by atoms with E-state index in [2.05, 4.69) is 56.3 Å². The fraction of sp³-hybridized carbons (Fsp3) is 0.200. The second-order valence-corrected chi connectivity index (χ2v) is 8.40. The maximum Gasteiger partial charge on any atom is -1.00 e. The SMILES string of the molecule is CC1=[C]([Zr+2])C2=CC(C)P(c3ccccc3)C2=C1.[Cl-].[Cl-]. The van der Waals surface area contributed by atoms with Crippen molar-refractivity contribution >= 4 is 13.2 Å². The van der Waals surface area contributed by atoms with E-state index in [-0.39, 0.29) is 32.7 Å². The minimum atomic E-state index is -0.154. The minimum Gasteiger partial charge on any atom is -1.00 e. The summed E-state index contributed by atoms with van der Waals surface area (Å²) in [6.45, 7) is 4.61. The molecule has 0 saturated carbocycles. The van der Waals surface area contributed by atoms with Crippen LogP contribution < -0.4 is 30.1 Å². The molecule has 0 radical (unpaired) electrons. The average molecular weight is 387 g/mol. The monoisotopic (exact) mass is 385 g/mol. The standard InChI is InChI=1S/C15H14P.2ClH.Zr/c1-11-8-13-10-12(2)16(15(13)9-11)14-6-4-3-5-7-14;;;/h3-7,9-10,12H,1-2H3;2*1H;/q;;;+2/p-2. The quantitative estimate of drug-likeness (QED) is 0.482. The van der Waals surface area contributed by atoms with Crippen LogP contribution in [-0.4, -0.2) is 5.66 Å². The van der Waals surface area contributed by atoms with E-state index < -0.39 is 0 Å². The molecule has 3 rings (SSSR count). The molecule has 97 valence electrons. The van der Waals surface area contributed by atoms with Gasteiger partial charge in [-0.05, 0) is 0 Å². The van der Waals surface area contributed by atoms with Crippen LogP contribution in [0.5, 0.6) is 0 Å². The Morgan fingerprint density at radius 3 is 2.37 bits per heavy atom. The Morgan fingerprint density at radius 2 is 1.74 bits per heavy atom. The molecular weight excluding hydrogens is 373 g/mol. The van der Waals surface area contributed by atoms with Crippen LogP contribution in [0, 0.1) is 0 Å². The molecule has 1 heterocycles. The number of hydrogen-bond acceptors (Lipinski definition) is 0. The molecule has 1 aliphatic carbocycles. The van der Waals surface area contributed by atoms with E-state index in [1.165, 1.54) is 10.9 Å². The summed E-state index contributed by atoms with van der Waals surface area (Å²) in [5.41, 5.74) is 3.74. The van der Waals surface area contributed by atoms with Crippen molar-refractivity contribution in [2.75, 3.05) is 0 Å². The van der Waals surface area contributed by atoms with Crippen molar-refractivity contribution in [2.45, 2.75) is 19.5 Å². The van der Waals surface area contributed by atoms with Gasteiger partial charge in [0.05, 0.1) is 0 Å². The summed E-state index contributed by atoms with van der Waals surface area (Å²) in [6.07, 6.45) is 4.92.